The summed E-state index contributed by atoms with van der Waals surface area (Å²) in [5.41, 5.74) is -0.0988. The largest absolute Gasteiger partial charge is 0.450 e. The van der Waals surface area contributed by atoms with E-state index in [1.165, 1.54) is 20.8 Å². The van der Waals surface area contributed by atoms with E-state index < -0.39 is 142 Å². The number of nitrogens with one attached hydrogen (secondary N) is 8. The fourth-order valence-corrected chi connectivity index (χ4v) is 12.0. The van der Waals surface area contributed by atoms with Gasteiger partial charge >= 0.3 is 12.2 Å². The maximum Gasteiger partial charge on any atom is 0.407 e. The van der Waals surface area contributed by atoms with Crippen LogP contribution >= 0.6 is 0 Å². The second-order valence-electron chi connectivity index (χ2n) is 26.5. The van der Waals surface area contributed by atoms with Gasteiger partial charge in [-0.05, 0) is 88.9 Å². The van der Waals surface area contributed by atoms with Crippen LogP contribution in [0.15, 0.2) is 0 Å². The molecule has 0 radical (unpaired) electrons. The number of carbonyl (C=O) groups excluding carboxylic acids is 8. The molecule has 15 atom stereocenters. The van der Waals surface area contributed by atoms with Crippen molar-refractivity contribution in [3.05, 3.63) is 0 Å². The molecule has 0 bridgehead atoms. The second-order valence-corrected chi connectivity index (χ2v) is 26.5. The lowest BCUT2D eigenvalue weighted by atomic mass is 9.77. The van der Waals surface area contributed by atoms with Crippen molar-refractivity contribution in [3.8, 4) is 0 Å². The van der Waals surface area contributed by atoms with Crippen molar-refractivity contribution in [2.24, 2.45) is 5.41 Å². The molecule has 0 aromatic heterocycles. The van der Waals surface area contributed by atoms with E-state index in [9.17, 15) is 84.3 Å². The van der Waals surface area contributed by atoms with Crippen molar-refractivity contribution in [1.29, 1.82) is 0 Å². The molecule has 3 fully saturated rings. The Bertz CT molecular complexity index is 2220. The first-order valence-corrected chi connectivity index (χ1v) is 36.1. The number of unbranched alkanes of at least 4 members (excludes halogenated alkanes) is 12. The van der Waals surface area contributed by atoms with Gasteiger partial charge in [-0.2, -0.15) is 0 Å². The fraction of sp³-hybridized carbons (Fsp3) is 0.881. The molecule has 100 heavy (non-hydrogen) atoms. The normalized spacial score (nSPS) is 25.7. The van der Waals surface area contributed by atoms with Crippen LogP contribution in [0, 0.1) is 5.41 Å². The molecule has 580 valence electrons. The molecule has 33 heteroatoms. The van der Waals surface area contributed by atoms with Crippen molar-refractivity contribution < 1.29 is 122 Å². The van der Waals surface area contributed by atoms with Crippen molar-refractivity contribution in [3.63, 3.8) is 0 Å². The van der Waals surface area contributed by atoms with Crippen molar-refractivity contribution in [2.45, 2.75) is 287 Å². The molecular formula is C67H122N8O25. The van der Waals surface area contributed by atoms with E-state index in [1.54, 1.807) is 0 Å². The average Bonchev–Trinajstić information content (AvgIpc) is 0.824. The number of ether oxygens (including phenoxy) is 8. The minimum atomic E-state index is -1.42. The summed E-state index contributed by atoms with van der Waals surface area (Å²) in [5.74, 6) is -1.87. The zero-order valence-corrected chi connectivity index (χ0v) is 59.3. The number of amides is 8. The van der Waals surface area contributed by atoms with Gasteiger partial charge in [0, 0.05) is 72.8 Å². The van der Waals surface area contributed by atoms with Gasteiger partial charge in [-0.15, -0.1) is 0 Å². The van der Waals surface area contributed by atoms with Gasteiger partial charge in [0.25, 0.3) is 0 Å². The van der Waals surface area contributed by atoms with Crippen LogP contribution in [-0.4, -0.2) is 271 Å². The summed E-state index contributed by atoms with van der Waals surface area (Å²) >= 11 is 0. The lowest BCUT2D eigenvalue weighted by molar-refractivity contribution is -0.270. The molecule has 3 rings (SSSR count). The van der Waals surface area contributed by atoms with Crippen molar-refractivity contribution in [1.82, 2.24) is 42.5 Å². The Morgan fingerprint density at radius 2 is 0.600 bits per heavy atom. The van der Waals surface area contributed by atoms with Crippen LogP contribution in [0.4, 0.5) is 9.59 Å². The third-order valence-electron chi connectivity index (χ3n) is 17.7. The lowest BCUT2D eigenvalue weighted by Crippen LogP contribution is -2.64. The highest BCUT2D eigenvalue weighted by Gasteiger charge is 2.48. The van der Waals surface area contributed by atoms with E-state index in [4.69, 9.17) is 37.9 Å². The van der Waals surface area contributed by atoms with Gasteiger partial charge in [-0.3, -0.25) is 28.8 Å². The van der Waals surface area contributed by atoms with E-state index in [0.717, 1.165) is 116 Å². The standard InChI is InChI=1S/C67H122N8O25/c1-44(79)73-53-59(88)56(85)47(41-76)98-62(53)93-36-20-25-50(82)68-31-15-9-7-5-6-8-14-28-67(4,29-23-39-96-65(91)71-34-18-12-10-16-32-69-51(83)26-21-37-94-63-54(74-45(2)80)60(89)57(86)48(42-77)99-63)30-24-40-97-66(92)72-35-19-13-11-17-33-70-52(84)27-22-38-95-64-55(75-46(3)81)61(90)58(87)49(43-78)100-64/h47-49,53-64,76-78,85-90H,5-43H2,1-4H3,(H,68,82)(H,69,83)(H,70,84)(H,71,91)(H,72,92)(H,73,79)(H,74,80)(H,75,81). The Kier molecular flexibility index (Phi) is 46.1. The zero-order chi connectivity index (χ0) is 73.7. The number of alkyl carbamates (subject to hydrolysis) is 2. The van der Waals surface area contributed by atoms with E-state index in [1.807, 2.05) is 0 Å². The maximum atomic E-state index is 12.6. The molecular weight excluding hydrogens is 1320 g/mol. The molecule has 3 aliphatic rings. The minimum absolute atomic E-state index is 0.0671. The van der Waals surface area contributed by atoms with Gasteiger partial charge in [0.1, 0.15) is 73.1 Å². The predicted molar refractivity (Wildman–Crippen MR) is 360 cm³/mol. The molecule has 0 spiro atoms. The summed E-state index contributed by atoms with van der Waals surface area (Å²) in [5, 5.41) is 112. The van der Waals surface area contributed by atoms with Crippen molar-refractivity contribution in [2.75, 3.05) is 85.6 Å². The topological polar surface area (TPSA) is 489 Å². The third-order valence-corrected chi connectivity index (χ3v) is 17.7. The highest BCUT2D eigenvalue weighted by molar-refractivity contribution is 5.77. The van der Waals surface area contributed by atoms with Crippen LogP contribution < -0.4 is 42.5 Å². The zero-order valence-electron chi connectivity index (χ0n) is 59.3. The molecule has 33 nitrogen and oxygen atoms in total. The molecule has 3 saturated heterocycles. The van der Waals surface area contributed by atoms with Crippen LogP contribution in [0.25, 0.3) is 0 Å². The van der Waals surface area contributed by atoms with E-state index in [0.29, 0.717) is 64.8 Å². The molecule has 0 saturated carbocycles. The van der Waals surface area contributed by atoms with Gasteiger partial charge in [0.2, 0.25) is 35.4 Å². The van der Waals surface area contributed by atoms with E-state index >= 15 is 0 Å². The summed E-state index contributed by atoms with van der Waals surface area (Å²) in [6.07, 6.45) is 2.32. The van der Waals surface area contributed by atoms with Crippen LogP contribution in [-0.2, 0) is 66.7 Å². The summed E-state index contributed by atoms with van der Waals surface area (Å²) < 4.78 is 44.8. The van der Waals surface area contributed by atoms with Gasteiger partial charge in [-0.25, -0.2) is 9.59 Å². The van der Waals surface area contributed by atoms with Crippen LogP contribution in [0.5, 0.6) is 0 Å². The summed E-state index contributed by atoms with van der Waals surface area (Å²) in [7, 11) is 0. The smallest absolute Gasteiger partial charge is 0.407 e. The van der Waals surface area contributed by atoms with Gasteiger partial charge in [0.05, 0.1) is 52.9 Å². The highest BCUT2D eigenvalue weighted by Crippen LogP contribution is 2.36. The number of aliphatic hydroxyl groups excluding tert-OH is 9. The average molecular weight is 1440 g/mol. The van der Waals surface area contributed by atoms with Crippen LogP contribution in [0.3, 0.4) is 0 Å². The first-order valence-electron chi connectivity index (χ1n) is 36.1. The molecule has 17 N–H and O–H groups in total. The molecule has 0 aliphatic carbocycles. The summed E-state index contributed by atoms with van der Waals surface area (Å²) in [6.45, 7) is 7.35. The number of rotatable bonds is 53. The van der Waals surface area contributed by atoms with E-state index in [-0.39, 0.29) is 75.4 Å². The number of hydrogen-bond acceptors (Lipinski definition) is 25. The second kappa shape index (κ2) is 51.8. The van der Waals surface area contributed by atoms with Gasteiger partial charge in [-0.1, -0.05) is 71.1 Å². The van der Waals surface area contributed by atoms with E-state index in [2.05, 4.69) is 49.5 Å². The Morgan fingerprint density at radius 1 is 0.340 bits per heavy atom. The first-order chi connectivity index (χ1) is 47.9. The molecule has 0 aromatic rings. The number of hydrogen-bond donors (Lipinski definition) is 17. The van der Waals surface area contributed by atoms with Gasteiger partial charge in [0.15, 0.2) is 18.9 Å². The van der Waals surface area contributed by atoms with Crippen molar-refractivity contribution >= 4 is 47.6 Å². The third kappa shape index (κ3) is 36.8. The Labute approximate surface area is 588 Å². The maximum absolute atomic E-state index is 12.6. The predicted octanol–water partition coefficient (Wildman–Crippen LogP) is -0.183. The molecule has 3 aliphatic heterocycles. The Hall–Kier alpha value is -5.24. The lowest BCUT2D eigenvalue weighted by Gasteiger charge is -2.42. The van der Waals surface area contributed by atoms with Gasteiger partial charge < -0.3 is 126 Å². The highest BCUT2D eigenvalue weighted by atomic mass is 16.7. The monoisotopic (exact) mass is 1440 g/mol. The Morgan fingerprint density at radius 3 is 0.880 bits per heavy atom. The molecule has 3 heterocycles. The summed E-state index contributed by atoms with van der Waals surface area (Å²) in [4.78, 5) is 97.6. The first kappa shape index (κ1) is 89.0. The Balaban J connectivity index is 1.30. The molecule has 15 unspecified atom stereocenters. The molecule has 8 amide bonds. The quantitative estimate of drug-likeness (QED) is 0.0351. The number of aliphatic hydroxyl groups is 9. The van der Waals surface area contributed by atoms with Crippen LogP contribution in [0.1, 0.15) is 195 Å². The fourth-order valence-electron chi connectivity index (χ4n) is 12.0. The summed E-state index contributed by atoms with van der Waals surface area (Å²) in [6, 6.07) is -3.17. The minimum Gasteiger partial charge on any atom is -0.450 e. The SMILES string of the molecule is CC(=O)NC1C(OCCCC(=O)NCCCCCCCCCC(C)(CCCOC(=O)NCCCCCCNC(=O)CCCOC2OC(CO)C(O)C(O)C2NC(C)=O)CCCOC(=O)NCCCCCCNC(=O)CCCOC2OC(CO)C(O)C(O)C2NC(C)=O)OC(CO)C(O)C1O. The molecule has 0 aromatic carbocycles. The number of carbonyl (C=O) groups is 8. The van der Waals surface area contributed by atoms with Crippen LogP contribution in [0.2, 0.25) is 0 Å².